The number of hydrogen-bond acceptors (Lipinski definition) is 4. The summed E-state index contributed by atoms with van der Waals surface area (Å²) in [6.45, 7) is 2.80. The Balaban J connectivity index is 2.06. The number of methoxy groups -OCH3 is 1. The van der Waals surface area contributed by atoms with Crippen molar-refractivity contribution in [1.82, 2.24) is 0 Å². The first-order valence-corrected chi connectivity index (χ1v) is 7.99. The van der Waals surface area contributed by atoms with Gasteiger partial charge in [0.2, 0.25) is 0 Å². The molecule has 3 aromatic carbocycles. The normalized spacial score (nSPS) is 11.3. The molecule has 0 bridgehead atoms. The van der Waals surface area contributed by atoms with Gasteiger partial charge in [-0.25, -0.2) is 0 Å². The molecule has 25 heavy (non-hydrogen) atoms. The van der Waals surface area contributed by atoms with Crippen LogP contribution in [0.25, 0.3) is 33.0 Å². The highest BCUT2D eigenvalue weighted by atomic mass is 16.5. The van der Waals surface area contributed by atoms with Gasteiger partial charge in [-0.05, 0) is 47.4 Å². The number of rotatable bonds is 3. The molecule has 0 heterocycles. The standard InChI is InChI=1S/C21H16O4/c1-11(22)16-9-17-13-5-4-6-15-19(24-3)8-7-14(21(13)15)18(17)10-20(16)25-12(2)23/h4-10H,1-3H3. The summed E-state index contributed by atoms with van der Waals surface area (Å²) in [4.78, 5) is 23.5. The van der Waals surface area contributed by atoms with Crippen LogP contribution in [-0.2, 0) is 4.79 Å². The molecule has 0 aliphatic heterocycles. The fraction of sp³-hybridized carbons (Fsp3) is 0.143. The van der Waals surface area contributed by atoms with E-state index >= 15 is 0 Å². The van der Waals surface area contributed by atoms with Gasteiger partial charge in [0, 0.05) is 17.7 Å². The van der Waals surface area contributed by atoms with Crippen LogP contribution in [0.5, 0.6) is 11.5 Å². The van der Waals surface area contributed by atoms with Crippen LogP contribution in [0.3, 0.4) is 0 Å². The van der Waals surface area contributed by atoms with Crippen LogP contribution in [-0.4, -0.2) is 18.9 Å². The van der Waals surface area contributed by atoms with E-state index < -0.39 is 5.97 Å². The first kappa shape index (κ1) is 15.4. The van der Waals surface area contributed by atoms with Crippen molar-refractivity contribution in [2.24, 2.45) is 0 Å². The lowest BCUT2D eigenvalue weighted by Crippen LogP contribution is -2.06. The van der Waals surface area contributed by atoms with Crippen molar-refractivity contribution in [2.75, 3.05) is 7.11 Å². The maximum absolute atomic E-state index is 12.1. The van der Waals surface area contributed by atoms with E-state index in [2.05, 4.69) is 0 Å². The topological polar surface area (TPSA) is 52.6 Å². The Labute approximate surface area is 145 Å². The number of carbonyl (C=O) groups excluding carboxylic acids is 2. The highest BCUT2D eigenvalue weighted by Gasteiger charge is 2.26. The Bertz CT molecular complexity index is 1060. The highest BCUT2D eigenvalue weighted by molar-refractivity contribution is 6.18. The van der Waals surface area contributed by atoms with Crippen LogP contribution >= 0.6 is 0 Å². The maximum Gasteiger partial charge on any atom is 0.308 e. The second-order valence-corrected chi connectivity index (χ2v) is 6.09. The molecule has 4 rings (SSSR count). The van der Waals surface area contributed by atoms with E-state index in [1.54, 1.807) is 13.2 Å². The van der Waals surface area contributed by atoms with Gasteiger partial charge in [0.05, 0.1) is 12.7 Å². The number of esters is 1. The zero-order valence-electron chi connectivity index (χ0n) is 14.2. The smallest absolute Gasteiger partial charge is 0.308 e. The van der Waals surface area contributed by atoms with E-state index in [9.17, 15) is 9.59 Å². The van der Waals surface area contributed by atoms with Crippen molar-refractivity contribution >= 4 is 22.5 Å². The average Bonchev–Trinajstić information content (AvgIpc) is 2.89. The quantitative estimate of drug-likeness (QED) is 0.312. The molecule has 124 valence electrons. The molecule has 0 amide bonds. The van der Waals surface area contributed by atoms with Gasteiger partial charge in [-0.2, -0.15) is 0 Å². The van der Waals surface area contributed by atoms with E-state index in [-0.39, 0.29) is 5.78 Å². The third-order valence-electron chi connectivity index (χ3n) is 4.55. The Morgan fingerprint density at radius 3 is 2.24 bits per heavy atom. The lowest BCUT2D eigenvalue weighted by atomic mass is 9.99. The molecule has 0 spiro atoms. The first-order valence-electron chi connectivity index (χ1n) is 7.99. The summed E-state index contributed by atoms with van der Waals surface area (Å²) in [5, 5.41) is 2.11. The van der Waals surface area contributed by atoms with Crippen LogP contribution in [0.4, 0.5) is 0 Å². The number of ketones is 1. The predicted octanol–water partition coefficient (Wildman–Crippen LogP) is 4.62. The number of hydrogen-bond donors (Lipinski definition) is 0. The van der Waals surface area contributed by atoms with Gasteiger partial charge in [0.1, 0.15) is 11.5 Å². The molecule has 0 aromatic heterocycles. The first-order chi connectivity index (χ1) is 12.0. The summed E-state index contributed by atoms with van der Waals surface area (Å²) in [5.41, 5.74) is 4.43. The van der Waals surface area contributed by atoms with Crippen LogP contribution in [0, 0.1) is 0 Å². The number of carbonyl (C=O) groups is 2. The van der Waals surface area contributed by atoms with Gasteiger partial charge >= 0.3 is 5.97 Å². The third-order valence-corrected chi connectivity index (χ3v) is 4.55. The van der Waals surface area contributed by atoms with Crippen LogP contribution in [0.15, 0.2) is 42.5 Å². The average molecular weight is 332 g/mol. The van der Waals surface area contributed by atoms with Gasteiger partial charge in [0.15, 0.2) is 5.78 Å². The lowest BCUT2D eigenvalue weighted by Gasteiger charge is -2.11. The number of Topliss-reactive ketones (excluding diaryl/α,β-unsaturated/α-hetero) is 1. The Hall–Kier alpha value is -3.14. The van der Waals surface area contributed by atoms with E-state index in [1.165, 1.54) is 13.8 Å². The second kappa shape index (κ2) is 5.45. The zero-order valence-corrected chi connectivity index (χ0v) is 14.2. The monoisotopic (exact) mass is 332 g/mol. The zero-order chi connectivity index (χ0) is 17.7. The molecule has 0 unspecified atom stereocenters. The largest absolute Gasteiger partial charge is 0.496 e. The summed E-state index contributed by atoms with van der Waals surface area (Å²) in [6, 6.07) is 13.6. The van der Waals surface area contributed by atoms with Crippen LogP contribution < -0.4 is 9.47 Å². The van der Waals surface area contributed by atoms with Gasteiger partial charge in [-0.1, -0.05) is 24.3 Å². The lowest BCUT2D eigenvalue weighted by molar-refractivity contribution is -0.131. The predicted molar refractivity (Wildman–Crippen MR) is 96.2 cm³/mol. The van der Waals surface area contributed by atoms with Gasteiger partial charge < -0.3 is 9.47 Å². The molecule has 0 saturated carbocycles. The minimum absolute atomic E-state index is 0.139. The molecule has 3 aromatic rings. The maximum atomic E-state index is 12.1. The number of ether oxygens (including phenoxy) is 2. The summed E-state index contributed by atoms with van der Waals surface area (Å²) in [6.07, 6.45) is 0. The fourth-order valence-electron chi connectivity index (χ4n) is 3.55. The molecule has 0 radical (unpaired) electrons. The second-order valence-electron chi connectivity index (χ2n) is 6.09. The fourth-order valence-corrected chi connectivity index (χ4v) is 3.55. The van der Waals surface area contributed by atoms with Crippen molar-refractivity contribution in [3.05, 3.63) is 48.0 Å². The SMILES string of the molecule is COc1ccc2c3c(cccc13)-c1cc(C(C)=O)c(OC(C)=O)cc1-2. The van der Waals surface area contributed by atoms with E-state index in [0.717, 1.165) is 38.8 Å². The highest BCUT2D eigenvalue weighted by Crippen LogP contribution is 2.50. The van der Waals surface area contributed by atoms with Crippen molar-refractivity contribution in [2.45, 2.75) is 13.8 Å². The molecule has 4 nitrogen and oxygen atoms in total. The van der Waals surface area contributed by atoms with Crippen LogP contribution in [0.2, 0.25) is 0 Å². The molecule has 0 fully saturated rings. The Morgan fingerprint density at radius 2 is 1.56 bits per heavy atom. The minimum Gasteiger partial charge on any atom is -0.496 e. The summed E-state index contributed by atoms with van der Waals surface area (Å²) in [5.74, 6) is 0.522. The van der Waals surface area contributed by atoms with Gasteiger partial charge in [0.25, 0.3) is 0 Å². The minimum atomic E-state index is -0.446. The van der Waals surface area contributed by atoms with Crippen molar-refractivity contribution in [3.63, 3.8) is 0 Å². The molecular formula is C21H16O4. The van der Waals surface area contributed by atoms with E-state index in [1.807, 2.05) is 36.4 Å². The summed E-state index contributed by atoms with van der Waals surface area (Å²) in [7, 11) is 1.65. The van der Waals surface area contributed by atoms with Crippen molar-refractivity contribution < 1.29 is 19.1 Å². The van der Waals surface area contributed by atoms with Gasteiger partial charge in [-0.3, -0.25) is 9.59 Å². The van der Waals surface area contributed by atoms with Crippen LogP contribution in [0.1, 0.15) is 24.2 Å². The van der Waals surface area contributed by atoms with E-state index in [4.69, 9.17) is 9.47 Å². The summed E-state index contributed by atoms with van der Waals surface area (Å²) >= 11 is 0. The molecule has 1 aliphatic carbocycles. The molecule has 0 atom stereocenters. The van der Waals surface area contributed by atoms with Crippen molar-refractivity contribution in [3.8, 4) is 33.8 Å². The Morgan fingerprint density at radius 1 is 0.840 bits per heavy atom. The summed E-state index contributed by atoms with van der Waals surface area (Å²) < 4.78 is 10.8. The molecule has 0 N–H and O–H groups in total. The number of fused-ring (bicyclic) bond motifs is 3. The third kappa shape index (κ3) is 2.22. The van der Waals surface area contributed by atoms with Crippen molar-refractivity contribution in [1.29, 1.82) is 0 Å². The molecule has 4 heteroatoms. The van der Waals surface area contributed by atoms with E-state index in [0.29, 0.717) is 11.3 Å². The molecule has 0 saturated heterocycles. The van der Waals surface area contributed by atoms with Gasteiger partial charge in [-0.15, -0.1) is 0 Å². The number of benzene rings is 3. The Kier molecular flexibility index (Phi) is 3.35. The molecular weight excluding hydrogens is 316 g/mol. The molecule has 1 aliphatic rings.